The van der Waals surface area contributed by atoms with Gasteiger partial charge in [-0.2, -0.15) is 0 Å². The molecule has 16 heavy (non-hydrogen) atoms. The van der Waals surface area contributed by atoms with Gasteiger partial charge in [0.25, 0.3) is 5.91 Å². The van der Waals surface area contributed by atoms with Crippen molar-refractivity contribution in [3.63, 3.8) is 0 Å². The molecule has 1 aliphatic carbocycles. The summed E-state index contributed by atoms with van der Waals surface area (Å²) in [6.45, 7) is 0. The minimum absolute atomic E-state index is 0.125. The van der Waals surface area contributed by atoms with Crippen LogP contribution in [0.2, 0.25) is 5.15 Å². The minimum atomic E-state index is -0.125. The average molecular weight is 241 g/mol. The molecule has 0 spiro atoms. The lowest BCUT2D eigenvalue weighted by Gasteiger charge is -2.14. The van der Waals surface area contributed by atoms with Gasteiger partial charge in [0.15, 0.2) is 10.9 Å². The molecule has 0 atom stereocenters. The number of halogens is 1. The maximum atomic E-state index is 11.9. The molecule has 0 radical (unpaired) electrons. The third-order valence-corrected chi connectivity index (χ3v) is 2.58. The molecule has 0 aliphatic heterocycles. The first kappa shape index (κ1) is 11.2. The van der Waals surface area contributed by atoms with Gasteiger partial charge in [-0.1, -0.05) is 11.6 Å². The standard InChI is InChI=1S/C11H13ClN2O2/c1-14(2)11(15)8-5-6-13-10(12)9(8)16-7-3-4-7/h5-7H,3-4H2,1-2H3. The summed E-state index contributed by atoms with van der Waals surface area (Å²) >= 11 is 5.94. The number of hydrogen-bond acceptors (Lipinski definition) is 3. The summed E-state index contributed by atoms with van der Waals surface area (Å²) in [4.78, 5) is 17.3. The molecule has 1 aromatic heterocycles. The minimum Gasteiger partial charge on any atom is -0.486 e. The van der Waals surface area contributed by atoms with Gasteiger partial charge >= 0.3 is 0 Å². The van der Waals surface area contributed by atoms with Crippen molar-refractivity contribution >= 4 is 17.5 Å². The Morgan fingerprint density at radius 1 is 1.56 bits per heavy atom. The maximum Gasteiger partial charge on any atom is 0.257 e. The number of nitrogens with zero attached hydrogens (tertiary/aromatic N) is 2. The molecule has 1 aromatic rings. The summed E-state index contributed by atoms with van der Waals surface area (Å²) in [7, 11) is 3.38. The van der Waals surface area contributed by atoms with Crippen molar-refractivity contribution in [3.8, 4) is 5.75 Å². The van der Waals surface area contributed by atoms with E-state index < -0.39 is 0 Å². The van der Waals surface area contributed by atoms with Crippen LogP contribution >= 0.6 is 11.6 Å². The molecule has 1 saturated carbocycles. The molecule has 0 bridgehead atoms. The van der Waals surface area contributed by atoms with Crippen LogP contribution in [-0.2, 0) is 0 Å². The number of rotatable bonds is 3. The van der Waals surface area contributed by atoms with Crippen LogP contribution in [0, 0.1) is 0 Å². The summed E-state index contributed by atoms with van der Waals surface area (Å²) in [5.41, 5.74) is 0.469. The van der Waals surface area contributed by atoms with E-state index in [1.807, 2.05) is 0 Å². The van der Waals surface area contributed by atoms with Crippen LogP contribution < -0.4 is 4.74 Å². The zero-order valence-corrected chi connectivity index (χ0v) is 9.99. The predicted molar refractivity (Wildman–Crippen MR) is 60.9 cm³/mol. The molecule has 1 amide bonds. The van der Waals surface area contributed by atoms with Crippen molar-refractivity contribution in [2.45, 2.75) is 18.9 Å². The molecular weight excluding hydrogens is 228 g/mol. The van der Waals surface area contributed by atoms with Crippen molar-refractivity contribution in [1.29, 1.82) is 0 Å². The molecule has 0 unspecified atom stereocenters. The highest BCUT2D eigenvalue weighted by molar-refractivity contribution is 6.31. The molecule has 2 rings (SSSR count). The third kappa shape index (κ3) is 2.27. The highest BCUT2D eigenvalue weighted by atomic mass is 35.5. The van der Waals surface area contributed by atoms with Crippen LogP contribution in [0.1, 0.15) is 23.2 Å². The lowest BCUT2D eigenvalue weighted by atomic mass is 10.2. The lowest BCUT2D eigenvalue weighted by Crippen LogP contribution is -2.22. The van der Waals surface area contributed by atoms with Gasteiger partial charge in [-0.15, -0.1) is 0 Å². The van der Waals surface area contributed by atoms with Crippen LogP contribution in [0.15, 0.2) is 12.3 Å². The van der Waals surface area contributed by atoms with E-state index >= 15 is 0 Å². The Morgan fingerprint density at radius 2 is 2.25 bits per heavy atom. The van der Waals surface area contributed by atoms with Gasteiger partial charge in [0.1, 0.15) is 0 Å². The molecule has 1 heterocycles. The molecule has 5 heteroatoms. The fraction of sp³-hybridized carbons (Fsp3) is 0.455. The highest BCUT2D eigenvalue weighted by Gasteiger charge is 2.27. The Morgan fingerprint density at radius 3 is 2.81 bits per heavy atom. The van der Waals surface area contributed by atoms with Crippen LogP contribution in [-0.4, -0.2) is 36.0 Å². The Hall–Kier alpha value is -1.29. The third-order valence-electron chi connectivity index (χ3n) is 2.31. The van der Waals surface area contributed by atoms with Gasteiger partial charge in [0.2, 0.25) is 0 Å². The molecule has 4 nitrogen and oxygen atoms in total. The first-order chi connectivity index (χ1) is 7.59. The molecule has 1 fully saturated rings. The monoisotopic (exact) mass is 240 g/mol. The topological polar surface area (TPSA) is 42.4 Å². The predicted octanol–water partition coefficient (Wildman–Crippen LogP) is 1.98. The fourth-order valence-corrected chi connectivity index (χ4v) is 1.50. The average Bonchev–Trinajstić information content (AvgIpc) is 3.03. The van der Waals surface area contributed by atoms with E-state index in [1.54, 1.807) is 20.2 Å². The Balaban J connectivity index is 2.34. The second-order valence-corrected chi connectivity index (χ2v) is 4.35. The zero-order chi connectivity index (χ0) is 11.7. The van der Waals surface area contributed by atoms with E-state index in [-0.39, 0.29) is 17.2 Å². The van der Waals surface area contributed by atoms with Gasteiger partial charge < -0.3 is 9.64 Å². The number of ether oxygens (including phenoxy) is 1. The maximum absolute atomic E-state index is 11.9. The number of pyridine rings is 1. The quantitative estimate of drug-likeness (QED) is 0.759. The van der Waals surface area contributed by atoms with Crippen molar-refractivity contribution in [1.82, 2.24) is 9.88 Å². The van der Waals surface area contributed by atoms with E-state index in [4.69, 9.17) is 16.3 Å². The fourth-order valence-electron chi connectivity index (χ4n) is 1.30. The van der Waals surface area contributed by atoms with Crippen molar-refractivity contribution in [2.75, 3.05) is 14.1 Å². The van der Waals surface area contributed by atoms with Crippen LogP contribution in [0.25, 0.3) is 0 Å². The van der Waals surface area contributed by atoms with Crippen molar-refractivity contribution in [3.05, 3.63) is 23.0 Å². The molecule has 0 saturated heterocycles. The van der Waals surface area contributed by atoms with E-state index in [2.05, 4.69) is 4.98 Å². The largest absolute Gasteiger partial charge is 0.486 e. The summed E-state index contributed by atoms with van der Waals surface area (Å²) < 4.78 is 5.62. The number of carbonyl (C=O) groups is 1. The van der Waals surface area contributed by atoms with Crippen LogP contribution in [0.5, 0.6) is 5.75 Å². The van der Waals surface area contributed by atoms with Gasteiger partial charge in [-0.05, 0) is 18.9 Å². The first-order valence-corrected chi connectivity index (χ1v) is 5.50. The first-order valence-electron chi connectivity index (χ1n) is 5.12. The number of amides is 1. The Kier molecular flexibility index (Phi) is 3.01. The Bertz CT molecular complexity index is 416. The summed E-state index contributed by atoms with van der Waals surface area (Å²) in [5, 5.41) is 0.250. The van der Waals surface area contributed by atoms with Gasteiger partial charge in [0.05, 0.1) is 11.7 Å². The summed E-state index contributed by atoms with van der Waals surface area (Å²) in [5.74, 6) is 0.283. The zero-order valence-electron chi connectivity index (χ0n) is 9.24. The number of hydrogen-bond donors (Lipinski definition) is 0. The SMILES string of the molecule is CN(C)C(=O)c1ccnc(Cl)c1OC1CC1. The van der Waals surface area contributed by atoms with E-state index in [9.17, 15) is 4.79 Å². The van der Waals surface area contributed by atoms with E-state index in [0.717, 1.165) is 12.8 Å². The molecule has 0 N–H and O–H groups in total. The number of carbonyl (C=O) groups excluding carboxylic acids is 1. The summed E-state index contributed by atoms with van der Waals surface area (Å²) in [6.07, 6.45) is 3.73. The Labute approximate surface area is 99.2 Å². The van der Waals surface area contributed by atoms with E-state index in [0.29, 0.717) is 11.3 Å². The van der Waals surface area contributed by atoms with E-state index in [1.165, 1.54) is 11.1 Å². The van der Waals surface area contributed by atoms with Gasteiger partial charge in [-0.3, -0.25) is 4.79 Å². The molecular formula is C11H13ClN2O2. The second kappa shape index (κ2) is 4.29. The van der Waals surface area contributed by atoms with Gasteiger partial charge in [0, 0.05) is 20.3 Å². The number of aromatic nitrogens is 1. The second-order valence-electron chi connectivity index (χ2n) is 4.00. The molecule has 0 aromatic carbocycles. The summed E-state index contributed by atoms with van der Waals surface area (Å²) in [6, 6.07) is 1.63. The van der Waals surface area contributed by atoms with Crippen LogP contribution in [0.4, 0.5) is 0 Å². The molecule has 1 aliphatic rings. The van der Waals surface area contributed by atoms with Crippen LogP contribution in [0.3, 0.4) is 0 Å². The normalized spacial score (nSPS) is 14.7. The van der Waals surface area contributed by atoms with Crippen molar-refractivity contribution < 1.29 is 9.53 Å². The van der Waals surface area contributed by atoms with Crippen molar-refractivity contribution in [2.24, 2.45) is 0 Å². The molecule has 86 valence electrons. The van der Waals surface area contributed by atoms with Gasteiger partial charge in [-0.25, -0.2) is 4.98 Å². The lowest BCUT2D eigenvalue weighted by molar-refractivity contribution is 0.0822. The smallest absolute Gasteiger partial charge is 0.257 e. The highest BCUT2D eigenvalue weighted by Crippen LogP contribution is 2.33.